The summed E-state index contributed by atoms with van der Waals surface area (Å²) < 4.78 is 5.45. The van der Waals surface area contributed by atoms with E-state index >= 15 is 0 Å². The zero-order valence-corrected chi connectivity index (χ0v) is 13.7. The molecule has 22 heavy (non-hydrogen) atoms. The van der Waals surface area contributed by atoms with E-state index in [0.29, 0.717) is 6.04 Å². The van der Waals surface area contributed by atoms with Crippen molar-refractivity contribution < 1.29 is 9.53 Å². The number of amides is 1. The van der Waals surface area contributed by atoms with Crippen molar-refractivity contribution in [1.82, 2.24) is 14.8 Å². The monoisotopic (exact) mass is 303 g/mol. The predicted octanol–water partition coefficient (Wildman–Crippen LogP) is 2.62. The van der Waals surface area contributed by atoms with Crippen LogP contribution in [-0.4, -0.2) is 52.7 Å². The van der Waals surface area contributed by atoms with Gasteiger partial charge in [-0.2, -0.15) is 0 Å². The van der Waals surface area contributed by atoms with Crippen LogP contribution in [0.15, 0.2) is 18.3 Å². The Labute approximate surface area is 132 Å². The summed E-state index contributed by atoms with van der Waals surface area (Å²) in [5, 5.41) is 0. The van der Waals surface area contributed by atoms with Crippen LogP contribution in [0.25, 0.3) is 0 Å². The molecule has 1 aliphatic heterocycles. The SMILES string of the molecule is CC(C)(C)OC(=O)N1CCN(C2CCc3cccnc32)CC1. The fourth-order valence-corrected chi connectivity index (χ4v) is 3.29. The highest BCUT2D eigenvalue weighted by Crippen LogP contribution is 2.34. The van der Waals surface area contributed by atoms with E-state index in [1.165, 1.54) is 11.3 Å². The molecule has 0 radical (unpaired) electrons. The van der Waals surface area contributed by atoms with Gasteiger partial charge in [0.2, 0.25) is 0 Å². The molecule has 2 aliphatic rings. The van der Waals surface area contributed by atoms with Gasteiger partial charge in [0.25, 0.3) is 0 Å². The van der Waals surface area contributed by atoms with Crippen LogP contribution in [-0.2, 0) is 11.2 Å². The third kappa shape index (κ3) is 3.24. The number of fused-ring (bicyclic) bond motifs is 1. The first kappa shape index (κ1) is 15.3. The van der Waals surface area contributed by atoms with E-state index in [2.05, 4.69) is 16.0 Å². The first-order valence-electron chi connectivity index (χ1n) is 8.10. The second kappa shape index (κ2) is 5.88. The number of ether oxygens (including phenoxy) is 1. The van der Waals surface area contributed by atoms with Gasteiger partial charge >= 0.3 is 6.09 Å². The number of piperazine rings is 1. The van der Waals surface area contributed by atoms with Crippen LogP contribution in [0.1, 0.15) is 44.5 Å². The van der Waals surface area contributed by atoms with E-state index in [1.54, 1.807) is 0 Å². The first-order valence-corrected chi connectivity index (χ1v) is 8.10. The fourth-order valence-electron chi connectivity index (χ4n) is 3.29. The van der Waals surface area contributed by atoms with Crippen molar-refractivity contribution in [2.24, 2.45) is 0 Å². The van der Waals surface area contributed by atoms with Crippen molar-refractivity contribution in [3.8, 4) is 0 Å². The molecule has 0 aromatic carbocycles. The number of carbonyl (C=O) groups excluding carboxylic acids is 1. The summed E-state index contributed by atoms with van der Waals surface area (Å²) in [6.45, 7) is 8.95. The van der Waals surface area contributed by atoms with Gasteiger partial charge in [0.05, 0.1) is 11.7 Å². The molecule has 0 saturated carbocycles. The Morgan fingerprint density at radius 1 is 1.27 bits per heavy atom. The lowest BCUT2D eigenvalue weighted by Crippen LogP contribution is -2.50. The van der Waals surface area contributed by atoms with Gasteiger partial charge in [-0.05, 0) is 45.2 Å². The van der Waals surface area contributed by atoms with Crippen LogP contribution in [0, 0.1) is 0 Å². The van der Waals surface area contributed by atoms with Gasteiger partial charge in [-0.25, -0.2) is 4.79 Å². The molecule has 0 bridgehead atoms. The molecule has 1 aromatic rings. The lowest BCUT2D eigenvalue weighted by atomic mass is 10.1. The van der Waals surface area contributed by atoms with Gasteiger partial charge in [-0.1, -0.05) is 6.07 Å². The summed E-state index contributed by atoms with van der Waals surface area (Å²) in [7, 11) is 0. The Hall–Kier alpha value is -1.62. The topological polar surface area (TPSA) is 45.7 Å². The highest BCUT2D eigenvalue weighted by atomic mass is 16.6. The number of hydrogen-bond acceptors (Lipinski definition) is 4. The second-order valence-electron chi connectivity index (χ2n) is 7.11. The van der Waals surface area contributed by atoms with Crippen molar-refractivity contribution >= 4 is 6.09 Å². The number of nitrogens with zero attached hydrogens (tertiary/aromatic N) is 3. The van der Waals surface area contributed by atoms with Crippen molar-refractivity contribution in [3.05, 3.63) is 29.6 Å². The average Bonchev–Trinajstić information content (AvgIpc) is 2.89. The Bertz CT molecular complexity index is 545. The number of hydrogen-bond donors (Lipinski definition) is 0. The molecule has 1 saturated heterocycles. The normalized spacial score (nSPS) is 22.5. The summed E-state index contributed by atoms with van der Waals surface area (Å²) in [6, 6.07) is 4.61. The van der Waals surface area contributed by atoms with Crippen LogP contribution in [0.3, 0.4) is 0 Å². The van der Waals surface area contributed by atoms with Gasteiger partial charge in [0, 0.05) is 32.4 Å². The summed E-state index contributed by atoms with van der Waals surface area (Å²) in [6.07, 6.45) is 3.93. The van der Waals surface area contributed by atoms with Crippen LogP contribution >= 0.6 is 0 Å². The zero-order chi connectivity index (χ0) is 15.7. The minimum absolute atomic E-state index is 0.197. The Kier molecular flexibility index (Phi) is 4.08. The summed E-state index contributed by atoms with van der Waals surface area (Å²) in [5.74, 6) is 0. The molecule has 1 aromatic heterocycles. The van der Waals surface area contributed by atoms with Crippen molar-refractivity contribution in [2.75, 3.05) is 26.2 Å². The van der Waals surface area contributed by atoms with E-state index in [1.807, 2.05) is 37.9 Å². The lowest BCUT2D eigenvalue weighted by Gasteiger charge is -2.38. The first-order chi connectivity index (χ1) is 10.4. The average molecular weight is 303 g/mol. The van der Waals surface area contributed by atoms with E-state index in [4.69, 9.17) is 4.74 Å². The van der Waals surface area contributed by atoms with E-state index in [0.717, 1.165) is 39.0 Å². The molecule has 1 aliphatic carbocycles. The zero-order valence-electron chi connectivity index (χ0n) is 13.7. The molecule has 3 rings (SSSR count). The molecule has 0 spiro atoms. The maximum absolute atomic E-state index is 12.1. The number of carbonyl (C=O) groups is 1. The lowest BCUT2D eigenvalue weighted by molar-refractivity contribution is 0.0101. The van der Waals surface area contributed by atoms with Crippen molar-refractivity contribution in [1.29, 1.82) is 0 Å². The van der Waals surface area contributed by atoms with Crippen LogP contribution in [0.4, 0.5) is 4.79 Å². The van der Waals surface area contributed by atoms with Gasteiger partial charge in [0.15, 0.2) is 0 Å². The fraction of sp³-hybridized carbons (Fsp3) is 0.647. The quantitative estimate of drug-likeness (QED) is 0.800. The molecular formula is C17H25N3O2. The second-order valence-corrected chi connectivity index (χ2v) is 7.11. The molecule has 5 heteroatoms. The Balaban J connectivity index is 1.58. The van der Waals surface area contributed by atoms with Crippen LogP contribution in [0.5, 0.6) is 0 Å². The molecule has 0 N–H and O–H groups in total. The number of rotatable bonds is 1. The molecule has 1 unspecified atom stereocenters. The minimum Gasteiger partial charge on any atom is -0.444 e. The Morgan fingerprint density at radius 2 is 2.00 bits per heavy atom. The molecule has 5 nitrogen and oxygen atoms in total. The van der Waals surface area contributed by atoms with Crippen LogP contribution < -0.4 is 0 Å². The summed E-state index contributed by atoms with van der Waals surface area (Å²) in [4.78, 5) is 21.0. The van der Waals surface area contributed by atoms with E-state index in [-0.39, 0.29) is 6.09 Å². The molecule has 1 amide bonds. The highest BCUT2D eigenvalue weighted by Gasteiger charge is 2.33. The third-order valence-corrected chi connectivity index (χ3v) is 4.34. The maximum atomic E-state index is 12.1. The summed E-state index contributed by atoms with van der Waals surface area (Å²) >= 11 is 0. The van der Waals surface area contributed by atoms with Crippen molar-refractivity contribution in [3.63, 3.8) is 0 Å². The number of pyridine rings is 1. The Morgan fingerprint density at radius 3 is 2.68 bits per heavy atom. The van der Waals surface area contributed by atoms with E-state index in [9.17, 15) is 4.79 Å². The third-order valence-electron chi connectivity index (χ3n) is 4.34. The van der Waals surface area contributed by atoms with Gasteiger partial charge in [0.1, 0.15) is 5.60 Å². The predicted molar refractivity (Wildman–Crippen MR) is 84.7 cm³/mol. The van der Waals surface area contributed by atoms with Crippen LogP contribution in [0.2, 0.25) is 0 Å². The largest absolute Gasteiger partial charge is 0.444 e. The molecule has 120 valence electrons. The standard InChI is InChI=1S/C17H25N3O2/c1-17(2,3)22-16(21)20-11-9-19(10-12-20)14-7-6-13-5-4-8-18-15(13)14/h4-5,8,14H,6-7,9-12H2,1-3H3. The van der Waals surface area contributed by atoms with Gasteiger partial charge in [-0.3, -0.25) is 9.88 Å². The molecule has 2 heterocycles. The molecular weight excluding hydrogens is 278 g/mol. The minimum atomic E-state index is -0.428. The van der Waals surface area contributed by atoms with E-state index < -0.39 is 5.60 Å². The number of aryl methyl sites for hydroxylation is 1. The molecule has 1 fully saturated rings. The van der Waals surface area contributed by atoms with Crippen molar-refractivity contribution in [2.45, 2.75) is 45.3 Å². The number of aromatic nitrogens is 1. The smallest absolute Gasteiger partial charge is 0.410 e. The summed E-state index contributed by atoms with van der Waals surface area (Å²) in [5.41, 5.74) is 2.18. The highest BCUT2D eigenvalue weighted by molar-refractivity contribution is 5.68. The van der Waals surface area contributed by atoms with Gasteiger partial charge in [-0.15, -0.1) is 0 Å². The van der Waals surface area contributed by atoms with Gasteiger partial charge < -0.3 is 9.64 Å². The maximum Gasteiger partial charge on any atom is 0.410 e. The molecule has 1 atom stereocenters.